The Morgan fingerprint density at radius 3 is 2.54 bits per heavy atom. The molecule has 0 N–H and O–H groups in total. The first-order chi connectivity index (χ1) is 12.5. The summed E-state index contributed by atoms with van der Waals surface area (Å²) in [4.78, 5) is 9.56. The SMILES string of the molecule is CC(C)CCOC=O.CC1=C(c2ccccc2)CCC/C1=C(\C)CC#N. The molecule has 0 radical (unpaired) electrons. The van der Waals surface area contributed by atoms with E-state index in [9.17, 15) is 4.79 Å². The fraction of sp³-hybridized carbons (Fsp3) is 0.478. The third-order valence-electron chi connectivity index (χ3n) is 4.62. The first-order valence-electron chi connectivity index (χ1n) is 9.37. The molecule has 3 heteroatoms. The fourth-order valence-electron chi connectivity index (χ4n) is 3.11. The van der Waals surface area contributed by atoms with Crippen LogP contribution in [-0.4, -0.2) is 13.1 Å². The topological polar surface area (TPSA) is 50.1 Å². The van der Waals surface area contributed by atoms with Crippen molar-refractivity contribution in [3.63, 3.8) is 0 Å². The van der Waals surface area contributed by atoms with Gasteiger partial charge >= 0.3 is 0 Å². The summed E-state index contributed by atoms with van der Waals surface area (Å²) >= 11 is 0. The molecule has 0 heterocycles. The largest absolute Gasteiger partial charge is 0.468 e. The number of carbonyl (C=O) groups excluding carboxylic acids is 1. The van der Waals surface area contributed by atoms with Crippen molar-refractivity contribution in [1.82, 2.24) is 0 Å². The molecule has 0 fully saturated rings. The van der Waals surface area contributed by atoms with Crippen LogP contribution in [0.2, 0.25) is 0 Å². The molecule has 1 aromatic carbocycles. The molecule has 0 saturated heterocycles. The van der Waals surface area contributed by atoms with E-state index in [2.05, 4.69) is 68.8 Å². The molecular formula is C23H31NO2. The summed E-state index contributed by atoms with van der Waals surface area (Å²) in [7, 11) is 0. The summed E-state index contributed by atoms with van der Waals surface area (Å²) < 4.78 is 4.46. The lowest BCUT2D eigenvalue weighted by molar-refractivity contribution is -0.128. The number of nitrogens with zero attached hydrogens (tertiary/aromatic N) is 1. The number of hydrogen-bond donors (Lipinski definition) is 0. The molecule has 0 saturated carbocycles. The highest BCUT2D eigenvalue weighted by Gasteiger charge is 2.16. The van der Waals surface area contributed by atoms with Crippen LogP contribution in [0.4, 0.5) is 0 Å². The Labute approximate surface area is 158 Å². The van der Waals surface area contributed by atoms with Gasteiger partial charge in [-0.2, -0.15) is 5.26 Å². The highest BCUT2D eigenvalue weighted by Crippen LogP contribution is 2.37. The Hall–Kier alpha value is -2.34. The van der Waals surface area contributed by atoms with Gasteiger partial charge in [0.1, 0.15) is 0 Å². The zero-order chi connectivity index (χ0) is 19.4. The summed E-state index contributed by atoms with van der Waals surface area (Å²) in [6.07, 6.45) is 4.97. The zero-order valence-corrected chi connectivity index (χ0v) is 16.5. The van der Waals surface area contributed by atoms with Crippen LogP contribution in [0.15, 0.2) is 47.1 Å². The molecule has 0 spiro atoms. The van der Waals surface area contributed by atoms with Gasteiger partial charge in [0.05, 0.1) is 19.1 Å². The van der Waals surface area contributed by atoms with Crippen molar-refractivity contribution in [3.05, 3.63) is 52.6 Å². The molecule has 0 unspecified atom stereocenters. The smallest absolute Gasteiger partial charge is 0.293 e. The number of hydrogen-bond acceptors (Lipinski definition) is 3. The van der Waals surface area contributed by atoms with E-state index in [0.29, 0.717) is 25.4 Å². The van der Waals surface area contributed by atoms with Crippen molar-refractivity contribution >= 4 is 12.0 Å². The summed E-state index contributed by atoms with van der Waals surface area (Å²) in [6.45, 7) is 9.53. The number of allylic oxidation sites excluding steroid dienone is 4. The van der Waals surface area contributed by atoms with Crippen molar-refractivity contribution < 1.29 is 9.53 Å². The highest BCUT2D eigenvalue weighted by molar-refractivity contribution is 5.73. The number of benzene rings is 1. The predicted octanol–water partition coefficient (Wildman–Crippen LogP) is 6.08. The van der Waals surface area contributed by atoms with Gasteiger partial charge in [-0.1, -0.05) is 49.8 Å². The minimum absolute atomic E-state index is 0.488. The van der Waals surface area contributed by atoms with Crippen molar-refractivity contribution in [1.29, 1.82) is 5.26 Å². The van der Waals surface area contributed by atoms with Gasteiger partial charge in [-0.15, -0.1) is 0 Å². The Morgan fingerprint density at radius 2 is 1.96 bits per heavy atom. The second-order valence-corrected chi connectivity index (χ2v) is 7.07. The quantitative estimate of drug-likeness (QED) is 0.460. The lowest BCUT2D eigenvalue weighted by atomic mass is 9.82. The van der Waals surface area contributed by atoms with Crippen LogP contribution in [0, 0.1) is 17.2 Å². The second-order valence-electron chi connectivity index (χ2n) is 7.07. The molecule has 0 amide bonds. The lowest BCUT2D eigenvalue weighted by Crippen LogP contribution is -2.02. The van der Waals surface area contributed by atoms with Crippen LogP contribution in [0.3, 0.4) is 0 Å². The van der Waals surface area contributed by atoms with Gasteiger partial charge in [0.25, 0.3) is 6.47 Å². The van der Waals surface area contributed by atoms with E-state index in [0.717, 1.165) is 19.3 Å². The maximum atomic E-state index is 9.56. The summed E-state index contributed by atoms with van der Waals surface area (Å²) in [5, 5.41) is 8.84. The van der Waals surface area contributed by atoms with E-state index in [1.807, 2.05) is 0 Å². The van der Waals surface area contributed by atoms with Gasteiger partial charge in [0.15, 0.2) is 0 Å². The number of carbonyl (C=O) groups is 1. The molecule has 1 aliphatic rings. The molecule has 0 aliphatic heterocycles. The molecule has 0 atom stereocenters. The molecule has 1 aliphatic carbocycles. The van der Waals surface area contributed by atoms with Gasteiger partial charge in [-0.3, -0.25) is 4.79 Å². The monoisotopic (exact) mass is 353 g/mol. The maximum absolute atomic E-state index is 9.56. The lowest BCUT2D eigenvalue weighted by Gasteiger charge is -2.23. The molecule has 140 valence electrons. The minimum atomic E-state index is 0.488. The van der Waals surface area contributed by atoms with Gasteiger partial charge in [-0.05, 0) is 67.7 Å². The van der Waals surface area contributed by atoms with Gasteiger partial charge in [-0.25, -0.2) is 0 Å². The molecule has 3 nitrogen and oxygen atoms in total. The van der Waals surface area contributed by atoms with Crippen LogP contribution in [0.5, 0.6) is 0 Å². The van der Waals surface area contributed by atoms with Crippen molar-refractivity contribution in [2.24, 2.45) is 5.92 Å². The van der Waals surface area contributed by atoms with Crippen LogP contribution >= 0.6 is 0 Å². The second kappa shape index (κ2) is 12.1. The molecule has 0 bridgehead atoms. The minimum Gasteiger partial charge on any atom is -0.468 e. The van der Waals surface area contributed by atoms with E-state index in [1.165, 1.54) is 34.3 Å². The average molecular weight is 354 g/mol. The molecule has 1 aromatic rings. The van der Waals surface area contributed by atoms with E-state index < -0.39 is 0 Å². The van der Waals surface area contributed by atoms with Crippen molar-refractivity contribution in [2.45, 2.75) is 59.8 Å². The van der Waals surface area contributed by atoms with E-state index in [1.54, 1.807) is 0 Å². The zero-order valence-electron chi connectivity index (χ0n) is 16.5. The van der Waals surface area contributed by atoms with E-state index in [-0.39, 0.29) is 0 Å². The molecule has 2 rings (SSSR count). The molecular weight excluding hydrogens is 322 g/mol. The Balaban J connectivity index is 0.000000359. The van der Waals surface area contributed by atoms with Gasteiger partial charge < -0.3 is 4.74 Å². The number of rotatable bonds is 6. The number of nitriles is 1. The predicted molar refractivity (Wildman–Crippen MR) is 107 cm³/mol. The van der Waals surface area contributed by atoms with Crippen LogP contribution in [-0.2, 0) is 9.53 Å². The van der Waals surface area contributed by atoms with Gasteiger partial charge in [0.2, 0.25) is 0 Å². The maximum Gasteiger partial charge on any atom is 0.293 e. The summed E-state index contributed by atoms with van der Waals surface area (Å²) in [5.74, 6) is 0.620. The highest BCUT2D eigenvalue weighted by atomic mass is 16.5. The van der Waals surface area contributed by atoms with E-state index in [4.69, 9.17) is 5.26 Å². The third-order valence-corrected chi connectivity index (χ3v) is 4.62. The Kier molecular flexibility index (Phi) is 10.1. The Morgan fingerprint density at radius 1 is 1.27 bits per heavy atom. The first kappa shape index (κ1) is 21.7. The molecule has 0 aromatic heterocycles. The molecule has 26 heavy (non-hydrogen) atoms. The first-order valence-corrected chi connectivity index (χ1v) is 9.37. The summed E-state index contributed by atoms with van der Waals surface area (Å²) in [6, 6.07) is 12.9. The van der Waals surface area contributed by atoms with Crippen LogP contribution in [0.25, 0.3) is 5.57 Å². The van der Waals surface area contributed by atoms with E-state index >= 15 is 0 Å². The number of ether oxygens (including phenoxy) is 1. The van der Waals surface area contributed by atoms with Crippen LogP contribution < -0.4 is 0 Å². The third kappa shape index (κ3) is 7.27. The average Bonchev–Trinajstić information content (AvgIpc) is 2.63. The summed E-state index contributed by atoms with van der Waals surface area (Å²) in [5.41, 5.74) is 6.82. The normalized spacial score (nSPS) is 15.7. The van der Waals surface area contributed by atoms with Crippen LogP contribution in [0.1, 0.15) is 65.4 Å². The standard InChI is InChI=1S/C17H19N.C6H12O2/c1-13(11-12-18)16-9-6-10-17(14(16)2)15-7-4-3-5-8-15;1-6(2)3-4-8-5-7/h3-5,7-8H,6,9-11H2,1-2H3;5-6H,3-4H2,1-2H3/b16-13-;. The van der Waals surface area contributed by atoms with Crippen molar-refractivity contribution in [3.8, 4) is 6.07 Å². The van der Waals surface area contributed by atoms with Gasteiger partial charge in [0, 0.05) is 0 Å². The Bertz CT molecular complexity index is 663. The fourth-order valence-corrected chi connectivity index (χ4v) is 3.11. The van der Waals surface area contributed by atoms with Crippen molar-refractivity contribution in [2.75, 3.05) is 6.61 Å².